The zero-order valence-corrected chi connectivity index (χ0v) is 11.5. The topological polar surface area (TPSA) is 108 Å². The van der Waals surface area contributed by atoms with Gasteiger partial charge in [0.15, 0.2) is 5.76 Å². The van der Waals surface area contributed by atoms with Gasteiger partial charge in [0.1, 0.15) is 18.1 Å². The zero-order valence-electron chi connectivity index (χ0n) is 11.5. The van der Waals surface area contributed by atoms with Crippen LogP contribution in [-0.4, -0.2) is 20.3 Å². The lowest BCUT2D eigenvalue weighted by Crippen LogP contribution is -2.29. The van der Waals surface area contributed by atoms with Crippen molar-refractivity contribution in [1.29, 1.82) is 0 Å². The number of hydrogen-bond donors (Lipinski definition) is 2. The minimum Gasteiger partial charge on any atom is -0.454 e. The number of aryl methyl sites for hydroxylation is 1. The number of fused-ring (bicyclic) bond motifs is 1. The summed E-state index contributed by atoms with van der Waals surface area (Å²) in [5.41, 5.74) is 1.86. The third-order valence-electron chi connectivity index (χ3n) is 3.60. The molecule has 112 valence electrons. The molecule has 0 saturated heterocycles. The van der Waals surface area contributed by atoms with Gasteiger partial charge in [0.2, 0.25) is 0 Å². The van der Waals surface area contributed by atoms with Crippen LogP contribution < -0.4 is 17.0 Å². The number of nitrogens with two attached hydrogens (primary N) is 1. The normalized spacial score (nSPS) is 14.5. The van der Waals surface area contributed by atoms with Gasteiger partial charge in [0.05, 0.1) is 0 Å². The summed E-state index contributed by atoms with van der Waals surface area (Å²) < 4.78 is 8.46. The third-order valence-corrected chi connectivity index (χ3v) is 3.60. The van der Waals surface area contributed by atoms with E-state index in [1.807, 2.05) is 5.43 Å². The molecular formula is C13H17N5O3. The lowest BCUT2D eigenvalue weighted by molar-refractivity contribution is 0.0924. The summed E-state index contributed by atoms with van der Waals surface area (Å²) in [5.74, 6) is 5.96. The molecule has 0 bridgehead atoms. The summed E-state index contributed by atoms with van der Waals surface area (Å²) >= 11 is 0. The fraction of sp³-hybridized carbons (Fsp3) is 0.462. The number of carbonyl (C=O) groups excluding carboxylic acids is 1. The maximum atomic E-state index is 12.3. The highest BCUT2D eigenvalue weighted by molar-refractivity contribution is 5.90. The van der Waals surface area contributed by atoms with Gasteiger partial charge >= 0.3 is 11.6 Å². The average molecular weight is 291 g/mol. The predicted molar refractivity (Wildman–Crippen MR) is 73.5 cm³/mol. The Hall–Kier alpha value is -2.35. The largest absolute Gasteiger partial charge is 0.454 e. The molecule has 0 atom stereocenters. The number of nitrogens with one attached hydrogen (secondary N) is 1. The highest BCUT2D eigenvalue weighted by Crippen LogP contribution is 2.12. The molecule has 0 spiro atoms. The first-order chi connectivity index (χ1) is 10.2. The van der Waals surface area contributed by atoms with Crippen molar-refractivity contribution in [2.45, 2.75) is 38.8 Å². The Balaban J connectivity index is 1.84. The number of aromatic nitrogens is 3. The number of nitrogens with zero attached hydrogens (tertiary/aromatic N) is 3. The summed E-state index contributed by atoms with van der Waals surface area (Å²) in [4.78, 5) is 23.6. The number of carbonyl (C=O) groups is 1. The van der Waals surface area contributed by atoms with Crippen LogP contribution in [0.5, 0.6) is 0 Å². The minimum absolute atomic E-state index is 0.112. The van der Waals surface area contributed by atoms with E-state index in [0.717, 1.165) is 31.5 Å². The van der Waals surface area contributed by atoms with Gasteiger partial charge in [0.25, 0.3) is 0 Å². The van der Waals surface area contributed by atoms with E-state index < -0.39 is 5.91 Å². The second-order valence-corrected chi connectivity index (χ2v) is 5.06. The molecule has 3 heterocycles. The third kappa shape index (κ3) is 2.62. The van der Waals surface area contributed by atoms with Crippen LogP contribution in [0.2, 0.25) is 0 Å². The van der Waals surface area contributed by atoms with Gasteiger partial charge in [-0.1, -0.05) is 6.42 Å². The van der Waals surface area contributed by atoms with Crippen molar-refractivity contribution in [3.63, 3.8) is 0 Å². The molecule has 0 aliphatic carbocycles. The Morgan fingerprint density at radius 2 is 2.24 bits per heavy atom. The fourth-order valence-corrected chi connectivity index (χ4v) is 2.53. The van der Waals surface area contributed by atoms with Crippen molar-refractivity contribution in [3.8, 4) is 0 Å². The summed E-state index contributed by atoms with van der Waals surface area (Å²) in [7, 11) is 0. The highest BCUT2D eigenvalue weighted by atomic mass is 16.4. The summed E-state index contributed by atoms with van der Waals surface area (Å²) in [6.07, 6.45) is 4.00. The molecular weight excluding hydrogens is 274 g/mol. The van der Waals surface area contributed by atoms with Crippen LogP contribution in [0.4, 0.5) is 0 Å². The van der Waals surface area contributed by atoms with Crippen LogP contribution in [0.15, 0.2) is 21.3 Å². The lowest BCUT2D eigenvalue weighted by atomic mass is 10.2. The molecule has 0 unspecified atom stereocenters. The van der Waals surface area contributed by atoms with E-state index in [-0.39, 0.29) is 18.0 Å². The van der Waals surface area contributed by atoms with E-state index in [0.29, 0.717) is 12.3 Å². The van der Waals surface area contributed by atoms with Gasteiger partial charge < -0.3 is 4.42 Å². The molecule has 3 N–H and O–H groups in total. The van der Waals surface area contributed by atoms with Gasteiger partial charge in [-0.25, -0.2) is 15.3 Å². The van der Waals surface area contributed by atoms with E-state index in [4.69, 9.17) is 10.3 Å². The first-order valence-electron chi connectivity index (χ1n) is 6.95. The van der Waals surface area contributed by atoms with Crippen LogP contribution >= 0.6 is 0 Å². The Kier molecular flexibility index (Phi) is 3.61. The number of amides is 1. The van der Waals surface area contributed by atoms with Gasteiger partial charge in [-0.2, -0.15) is 5.10 Å². The molecule has 1 aliphatic heterocycles. The Morgan fingerprint density at radius 3 is 3.05 bits per heavy atom. The Labute approximate surface area is 120 Å². The minimum atomic E-state index is -0.505. The van der Waals surface area contributed by atoms with Gasteiger partial charge in [-0.05, 0) is 25.0 Å². The summed E-state index contributed by atoms with van der Waals surface area (Å²) in [6, 6.07) is 3.16. The smallest absolute Gasteiger partial charge is 0.346 e. The molecule has 0 saturated carbocycles. The van der Waals surface area contributed by atoms with Crippen molar-refractivity contribution >= 4 is 5.91 Å². The maximum absolute atomic E-state index is 12.3. The summed E-state index contributed by atoms with van der Waals surface area (Å²) in [5, 5.41) is 4.36. The van der Waals surface area contributed by atoms with Crippen molar-refractivity contribution < 1.29 is 9.21 Å². The quantitative estimate of drug-likeness (QED) is 0.470. The number of furan rings is 1. The van der Waals surface area contributed by atoms with E-state index in [1.165, 1.54) is 10.7 Å². The van der Waals surface area contributed by atoms with Crippen LogP contribution in [-0.2, 0) is 19.5 Å². The molecule has 8 nitrogen and oxygen atoms in total. The van der Waals surface area contributed by atoms with E-state index >= 15 is 0 Å². The molecule has 8 heteroatoms. The first-order valence-corrected chi connectivity index (χ1v) is 6.95. The monoisotopic (exact) mass is 291 g/mol. The molecule has 2 aromatic rings. The van der Waals surface area contributed by atoms with Crippen molar-refractivity contribution in [2.24, 2.45) is 5.84 Å². The SMILES string of the molecule is NNC(=O)c1ccc(Cn2nc3n(c2=O)CCCCC3)o1. The highest BCUT2D eigenvalue weighted by Gasteiger charge is 2.17. The zero-order chi connectivity index (χ0) is 14.8. The molecule has 1 amide bonds. The number of nitrogen functional groups attached to an aromatic ring is 1. The Morgan fingerprint density at radius 1 is 1.38 bits per heavy atom. The molecule has 0 radical (unpaired) electrons. The molecule has 3 rings (SSSR count). The van der Waals surface area contributed by atoms with Crippen molar-refractivity contribution in [2.75, 3.05) is 0 Å². The van der Waals surface area contributed by atoms with Gasteiger partial charge in [-0.3, -0.25) is 14.8 Å². The molecule has 1 aliphatic rings. The van der Waals surface area contributed by atoms with Crippen LogP contribution in [0.3, 0.4) is 0 Å². The second-order valence-electron chi connectivity index (χ2n) is 5.06. The lowest BCUT2D eigenvalue weighted by Gasteiger charge is -1.98. The van der Waals surface area contributed by atoms with E-state index in [2.05, 4.69) is 5.10 Å². The summed E-state index contributed by atoms with van der Waals surface area (Å²) in [6.45, 7) is 0.920. The molecule has 0 fully saturated rings. The number of rotatable bonds is 3. The van der Waals surface area contributed by atoms with Gasteiger partial charge in [-0.15, -0.1) is 0 Å². The number of hydrogen-bond acceptors (Lipinski definition) is 5. The van der Waals surface area contributed by atoms with E-state index in [9.17, 15) is 9.59 Å². The average Bonchev–Trinajstić information content (AvgIpc) is 2.97. The molecule has 2 aromatic heterocycles. The van der Waals surface area contributed by atoms with Crippen molar-refractivity contribution in [3.05, 3.63) is 40.0 Å². The van der Waals surface area contributed by atoms with Gasteiger partial charge in [0, 0.05) is 13.0 Å². The second kappa shape index (κ2) is 5.57. The fourth-order valence-electron chi connectivity index (χ4n) is 2.53. The van der Waals surface area contributed by atoms with Crippen molar-refractivity contribution in [1.82, 2.24) is 19.8 Å². The molecule has 21 heavy (non-hydrogen) atoms. The van der Waals surface area contributed by atoms with Crippen LogP contribution in [0, 0.1) is 0 Å². The Bertz CT molecular complexity index is 712. The first kappa shape index (κ1) is 13.6. The van der Waals surface area contributed by atoms with Crippen LogP contribution in [0.1, 0.15) is 41.4 Å². The molecule has 0 aromatic carbocycles. The van der Waals surface area contributed by atoms with E-state index in [1.54, 1.807) is 10.6 Å². The predicted octanol–water partition coefficient (Wildman–Crippen LogP) is 0.0160. The maximum Gasteiger partial charge on any atom is 0.346 e. The standard InChI is InChI=1S/C13H17N5O3/c14-15-12(19)10-6-5-9(21-10)8-18-13(20)17-7-3-1-2-4-11(17)16-18/h5-6H,1-4,7-8,14H2,(H,15,19). The van der Waals surface area contributed by atoms with Crippen LogP contribution in [0.25, 0.3) is 0 Å². The number of hydrazine groups is 1.